The Hall–Kier alpha value is -0.0600. The van der Waals surface area contributed by atoms with Gasteiger partial charge in [-0.2, -0.15) is 0 Å². The monoisotopic (exact) mass is 236 g/mol. The second-order valence-corrected chi connectivity index (χ2v) is 4.29. The summed E-state index contributed by atoms with van der Waals surface area (Å²) in [6, 6.07) is 4.48. The van der Waals surface area contributed by atoms with Gasteiger partial charge in [-0.3, -0.25) is 0 Å². The third-order valence-corrected chi connectivity index (χ3v) is 2.65. The van der Waals surface area contributed by atoms with Crippen LogP contribution in [0.25, 0.3) is 0 Å². The molecule has 0 saturated carbocycles. The summed E-state index contributed by atoms with van der Waals surface area (Å²) in [6.07, 6.45) is 1.45. The van der Waals surface area contributed by atoms with E-state index in [1.807, 2.05) is 0 Å². The molecule has 1 nitrogen and oxygen atoms in total. The minimum absolute atomic E-state index is 0.244. The zero-order valence-electron chi connectivity index (χ0n) is 5.80. The van der Waals surface area contributed by atoms with E-state index in [2.05, 4.69) is 15.9 Å². The van der Waals surface area contributed by atoms with Crippen molar-refractivity contribution in [2.24, 2.45) is 0 Å². The lowest BCUT2D eigenvalue weighted by molar-refractivity contribution is 0.569. The predicted octanol–water partition coefficient (Wildman–Crippen LogP) is 2.33. The number of benzene rings is 1. The van der Waals surface area contributed by atoms with Gasteiger partial charge in [0.25, 0.3) is 0 Å². The zero-order valence-corrected chi connectivity index (χ0v) is 8.21. The van der Waals surface area contributed by atoms with Crippen LogP contribution in [0.2, 0.25) is 0 Å². The Bertz CT molecular complexity index is 265. The Kier molecular flexibility index (Phi) is 2.92. The minimum Gasteiger partial charge on any atom is -0.612 e. The molecule has 0 fully saturated rings. The lowest BCUT2D eigenvalue weighted by Crippen LogP contribution is -2.00. The quantitative estimate of drug-likeness (QED) is 0.687. The van der Waals surface area contributed by atoms with E-state index >= 15 is 0 Å². The van der Waals surface area contributed by atoms with Gasteiger partial charge < -0.3 is 4.55 Å². The molecule has 11 heavy (non-hydrogen) atoms. The molecule has 0 aliphatic heterocycles. The van der Waals surface area contributed by atoms with Crippen molar-refractivity contribution in [3.05, 3.63) is 28.5 Å². The van der Waals surface area contributed by atoms with Crippen LogP contribution >= 0.6 is 15.9 Å². The fourth-order valence-electron chi connectivity index (χ4n) is 0.708. The first-order chi connectivity index (χ1) is 5.11. The summed E-state index contributed by atoms with van der Waals surface area (Å²) in [4.78, 5) is 0.244. The van der Waals surface area contributed by atoms with Crippen molar-refractivity contribution in [3.8, 4) is 0 Å². The second kappa shape index (κ2) is 3.56. The summed E-state index contributed by atoms with van der Waals surface area (Å²) in [5.41, 5.74) is 0. The highest BCUT2D eigenvalue weighted by Crippen LogP contribution is 2.18. The fourth-order valence-corrected chi connectivity index (χ4v) is 1.63. The zero-order chi connectivity index (χ0) is 8.43. The van der Waals surface area contributed by atoms with E-state index in [0.717, 1.165) is 0 Å². The Labute approximate surface area is 75.9 Å². The molecule has 4 heteroatoms. The van der Waals surface area contributed by atoms with Crippen LogP contribution in [0.1, 0.15) is 0 Å². The summed E-state index contributed by atoms with van der Waals surface area (Å²) < 4.78 is 24.4. The van der Waals surface area contributed by atoms with Gasteiger partial charge in [-0.1, -0.05) is 15.9 Å². The molecule has 1 rings (SSSR count). The van der Waals surface area contributed by atoms with Crippen LogP contribution < -0.4 is 0 Å². The molecule has 0 N–H and O–H groups in total. The van der Waals surface area contributed by atoms with Crippen molar-refractivity contribution in [2.45, 2.75) is 4.90 Å². The smallest absolute Gasteiger partial charge is 0.188 e. The van der Waals surface area contributed by atoms with Crippen molar-refractivity contribution in [1.29, 1.82) is 0 Å². The van der Waals surface area contributed by atoms with Gasteiger partial charge in [0.2, 0.25) is 0 Å². The van der Waals surface area contributed by atoms with Crippen LogP contribution in [0.15, 0.2) is 27.6 Å². The van der Waals surface area contributed by atoms with E-state index in [9.17, 15) is 8.94 Å². The van der Waals surface area contributed by atoms with E-state index in [0.29, 0.717) is 4.47 Å². The summed E-state index contributed by atoms with van der Waals surface area (Å²) in [5.74, 6) is -0.430. The maximum atomic E-state index is 12.9. The van der Waals surface area contributed by atoms with Gasteiger partial charge in [0.1, 0.15) is 6.26 Å². The van der Waals surface area contributed by atoms with Gasteiger partial charge >= 0.3 is 0 Å². The van der Waals surface area contributed by atoms with Gasteiger partial charge in [0.15, 0.2) is 10.7 Å². The summed E-state index contributed by atoms with van der Waals surface area (Å²) in [6.45, 7) is 0. The molecule has 0 aromatic heterocycles. The average Bonchev–Trinajstić information content (AvgIpc) is 1.85. The Morgan fingerprint density at radius 3 is 2.64 bits per heavy atom. The highest BCUT2D eigenvalue weighted by molar-refractivity contribution is 9.10. The summed E-state index contributed by atoms with van der Waals surface area (Å²) in [7, 11) is 0. The van der Waals surface area contributed by atoms with Crippen LogP contribution in [0.3, 0.4) is 0 Å². The lowest BCUT2D eigenvalue weighted by atomic mass is 10.3. The molecular formula is C7H6BrFOS. The van der Waals surface area contributed by atoms with E-state index in [4.69, 9.17) is 0 Å². The molecule has 1 unspecified atom stereocenters. The molecule has 0 radical (unpaired) electrons. The maximum Gasteiger partial charge on any atom is 0.188 e. The fraction of sp³-hybridized carbons (Fsp3) is 0.143. The number of rotatable bonds is 1. The normalized spacial score (nSPS) is 13.1. The Balaban J connectivity index is 3.09. The number of hydrogen-bond acceptors (Lipinski definition) is 1. The summed E-state index contributed by atoms with van der Waals surface area (Å²) in [5, 5.41) is 0. The minimum atomic E-state index is -1.24. The number of halogens is 2. The predicted molar refractivity (Wildman–Crippen MR) is 46.4 cm³/mol. The van der Waals surface area contributed by atoms with Crippen LogP contribution in [0.4, 0.5) is 4.39 Å². The van der Waals surface area contributed by atoms with E-state index < -0.39 is 17.0 Å². The molecule has 1 aromatic rings. The van der Waals surface area contributed by atoms with Crippen molar-refractivity contribution < 1.29 is 8.94 Å². The highest BCUT2D eigenvalue weighted by atomic mass is 79.9. The molecule has 0 aliphatic carbocycles. The lowest BCUT2D eigenvalue weighted by Gasteiger charge is -2.04. The van der Waals surface area contributed by atoms with Crippen molar-refractivity contribution in [1.82, 2.24) is 0 Å². The molecule has 0 saturated heterocycles. The highest BCUT2D eigenvalue weighted by Gasteiger charge is 2.10. The average molecular weight is 237 g/mol. The molecule has 0 heterocycles. The molecule has 0 amide bonds. The first-order valence-electron chi connectivity index (χ1n) is 2.90. The molecule has 0 bridgehead atoms. The van der Waals surface area contributed by atoms with E-state index in [1.54, 1.807) is 6.07 Å². The maximum absolute atomic E-state index is 12.9. The molecule has 0 spiro atoms. The standard InChI is InChI=1S/C7H6BrFOS/c1-11(10)7-3-2-5(8)4-6(7)9/h2-4H,1H3. The van der Waals surface area contributed by atoms with Gasteiger partial charge in [-0.05, 0) is 29.4 Å². The van der Waals surface area contributed by atoms with Crippen LogP contribution in [0.5, 0.6) is 0 Å². The largest absolute Gasteiger partial charge is 0.612 e. The van der Waals surface area contributed by atoms with Gasteiger partial charge in [-0.25, -0.2) is 4.39 Å². The van der Waals surface area contributed by atoms with Crippen molar-refractivity contribution in [2.75, 3.05) is 6.26 Å². The van der Waals surface area contributed by atoms with Gasteiger partial charge in [-0.15, -0.1) is 0 Å². The van der Waals surface area contributed by atoms with Crippen molar-refractivity contribution in [3.63, 3.8) is 0 Å². The first kappa shape index (κ1) is 9.03. The van der Waals surface area contributed by atoms with Crippen LogP contribution in [-0.4, -0.2) is 10.8 Å². The molecular weight excluding hydrogens is 231 g/mol. The molecule has 60 valence electrons. The first-order valence-corrected chi connectivity index (χ1v) is 5.25. The van der Waals surface area contributed by atoms with Gasteiger partial charge in [0.05, 0.1) is 0 Å². The molecule has 1 aromatic carbocycles. The second-order valence-electron chi connectivity index (χ2n) is 2.03. The Morgan fingerprint density at radius 1 is 1.55 bits per heavy atom. The summed E-state index contributed by atoms with van der Waals surface area (Å²) >= 11 is 1.86. The molecule has 0 aliphatic rings. The molecule has 1 atom stereocenters. The van der Waals surface area contributed by atoms with E-state index in [-0.39, 0.29) is 4.90 Å². The third kappa shape index (κ3) is 2.18. The van der Waals surface area contributed by atoms with Crippen molar-refractivity contribution >= 4 is 27.1 Å². The Morgan fingerprint density at radius 2 is 2.18 bits per heavy atom. The van der Waals surface area contributed by atoms with Crippen LogP contribution in [-0.2, 0) is 11.2 Å². The van der Waals surface area contributed by atoms with Crippen LogP contribution in [0, 0.1) is 5.82 Å². The SMILES string of the molecule is C[S+]([O-])c1ccc(Br)cc1F. The van der Waals surface area contributed by atoms with Gasteiger partial charge in [0, 0.05) is 4.47 Å². The van der Waals surface area contributed by atoms with E-state index in [1.165, 1.54) is 18.4 Å². The third-order valence-electron chi connectivity index (χ3n) is 1.20. The topological polar surface area (TPSA) is 23.1 Å². The number of hydrogen-bond donors (Lipinski definition) is 0.